The molecular formula is C17H16ClN3O2. The van der Waals surface area contributed by atoms with Crippen molar-refractivity contribution in [3.05, 3.63) is 76.5 Å². The first kappa shape index (κ1) is 15.4. The topological polar surface area (TPSA) is 60.1 Å². The normalized spacial score (nSPS) is 12.1. The third kappa shape index (κ3) is 3.46. The van der Waals surface area contributed by atoms with Gasteiger partial charge in [-0.1, -0.05) is 23.7 Å². The minimum Gasteiger partial charge on any atom is -0.456 e. The minimum atomic E-state index is -0.383. The fourth-order valence-corrected chi connectivity index (χ4v) is 2.46. The van der Waals surface area contributed by atoms with Gasteiger partial charge in [-0.25, -0.2) is 0 Å². The van der Waals surface area contributed by atoms with Gasteiger partial charge in [0.1, 0.15) is 5.76 Å². The molecule has 6 heteroatoms. The van der Waals surface area contributed by atoms with Crippen molar-refractivity contribution >= 4 is 17.5 Å². The maximum atomic E-state index is 12.4. The molecule has 2 aromatic heterocycles. The number of nitrogens with zero attached hydrogens (tertiary/aromatic N) is 2. The quantitative estimate of drug-likeness (QED) is 0.797. The lowest BCUT2D eigenvalue weighted by Gasteiger charge is -2.17. The molecule has 1 atom stereocenters. The number of aryl methyl sites for hydroxylation is 2. The van der Waals surface area contributed by atoms with Crippen LogP contribution in [0.5, 0.6) is 0 Å². The molecule has 3 aromatic rings. The Balaban J connectivity index is 1.92. The molecule has 118 valence electrons. The van der Waals surface area contributed by atoms with Crippen molar-refractivity contribution in [3.8, 4) is 0 Å². The summed E-state index contributed by atoms with van der Waals surface area (Å²) in [6, 6.07) is 12.2. The van der Waals surface area contributed by atoms with E-state index in [1.807, 2.05) is 31.4 Å². The van der Waals surface area contributed by atoms with Gasteiger partial charge >= 0.3 is 0 Å². The van der Waals surface area contributed by atoms with Crippen LogP contribution in [0.3, 0.4) is 0 Å². The van der Waals surface area contributed by atoms with Gasteiger partial charge in [0.25, 0.3) is 5.91 Å². The lowest BCUT2D eigenvalue weighted by Crippen LogP contribution is -2.29. The van der Waals surface area contributed by atoms with Gasteiger partial charge < -0.3 is 9.73 Å². The van der Waals surface area contributed by atoms with Crippen molar-refractivity contribution in [2.75, 3.05) is 0 Å². The molecule has 0 saturated carbocycles. The largest absolute Gasteiger partial charge is 0.456 e. The number of halogens is 1. The number of rotatable bonds is 4. The fraction of sp³-hybridized carbons (Fsp3) is 0.176. The van der Waals surface area contributed by atoms with Crippen LogP contribution in [0.25, 0.3) is 0 Å². The average molecular weight is 330 g/mol. The van der Waals surface area contributed by atoms with Crippen molar-refractivity contribution in [3.63, 3.8) is 0 Å². The van der Waals surface area contributed by atoms with E-state index >= 15 is 0 Å². The average Bonchev–Trinajstić information content (AvgIpc) is 3.14. The summed E-state index contributed by atoms with van der Waals surface area (Å²) in [4.78, 5) is 12.4. The van der Waals surface area contributed by atoms with E-state index in [0.717, 1.165) is 11.3 Å². The lowest BCUT2D eigenvalue weighted by atomic mass is 10.0. The van der Waals surface area contributed by atoms with Crippen LogP contribution in [0.1, 0.15) is 33.6 Å². The van der Waals surface area contributed by atoms with Crippen molar-refractivity contribution in [2.45, 2.75) is 13.0 Å². The van der Waals surface area contributed by atoms with Crippen LogP contribution >= 0.6 is 11.6 Å². The number of aromatic nitrogens is 2. The number of furan rings is 1. The second-order valence-corrected chi connectivity index (χ2v) is 5.72. The van der Waals surface area contributed by atoms with E-state index in [4.69, 9.17) is 16.0 Å². The van der Waals surface area contributed by atoms with Crippen LogP contribution in [0, 0.1) is 6.92 Å². The van der Waals surface area contributed by atoms with E-state index in [9.17, 15) is 4.79 Å². The summed E-state index contributed by atoms with van der Waals surface area (Å²) in [7, 11) is 1.83. The molecule has 3 rings (SSSR count). The Bertz CT molecular complexity index is 820. The summed E-state index contributed by atoms with van der Waals surface area (Å²) in [6.07, 6.45) is 1.83. The Labute approximate surface area is 138 Å². The number of nitrogens with one attached hydrogen (secondary N) is 1. The highest BCUT2D eigenvalue weighted by Crippen LogP contribution is 2.23. The number of benzene rings is 1. The molecule has 0 unspecified atom stereocenters. The maximum Gasteiger partial charge on any atom is 0.287 e. The summed E-state index contributed by atoms with van der Waals surface area (Å²) in [6.45, 7) is 1.80. The number of carbonyl (C=O) groups excluding carboxylic acids is 1. The molecule has 0 spiro atoms. The number of hydrogen-bond acceptors (Lipinski definition) is 3. The van der Waals surface area contributed by atoms with Gasteiger partial charge in [0.2, 0.25) is 0 Å². The van der Waals surface area contributed by atoms with E-state index < -0.39 is 0 Å². The van der Waals surface area contributed by atoms with Gasteiger partial charge in [-0.05, 0) is 42.8 Å². The van der Waals surface area contributed by atoms with Gasteiger partial charge in [0, 0.05) is 18.3 Å². The van der Waals surface area contributed by atoms with Crippen LogP contribution in [0.2, 0.25) is 5.02 Å². The van der Waals surface area contributed by atoms with Gasteiger partial charge in [-0.15, -0.1) is 0 Å². The van der Waals surface area contributed by atoms with Crippen molar-refractivity contribution in [1.82, 2.24) is 15.1 Å². The Kier molecular flexibility index (Phi) is 4.21. The van der Waals surface area contributed by atoms with Crippen LogP contribution in [-0.4, -0.2) is 15.7 Å². The Morgan fingerprint density at radius 2 is 1.96 bits per heavy atom. The molecule has 0 radical (unpaired) electrons. The monoisotopic (exact) mass is 329 g/mol. The van der Waals surface area contributed by atoms with E-state index in [-0.39, 0.29) is 17.7 Å². The first-order chi connectivity index (χ1) is 11.0. The third-order valence-electron chi connectivity index (χ3n) is 3.47. The Hall–Kier alpha value is -2.53. The zero-order chi connectivity index (χ0) is 16.4. The molecular weight excluding hydrogens is 314 g/mol. The van der Waals surface area contributed by atoms with Gasteiger partial charge in [0.05, 0.1) is 11.7 Å². The zero-order valence-electron chi connectivity index (χ0n) is 12.8. The first-order valence-corrected chi connectivity index (χ1v) is 7.53. The number of amides is 1. The summed E-state index contributed by atoms with van der Waals surface area (Å²) in [5, 5.41) is 8.00. The second-order valence-electron chi connectivity index (χ2n) is 5.28. The van der Waals surface area contributed by atoms with E-state index in [2.05, 4.69) is 10.4 Å². The van der Waals surface area contributed by atoms with E-state index in [0.29, 0.717) is 10.8 Å². The minimum absolute atomic E-state index is 0.275. The van der Waals surface area contributed by atoms with Crippen LogP contribution < -0.4 is 5.32 Å². The number of carbonyl (C=O) groups is 1. The van der Waals surface area contributed by atoms with E-state index in [1.54, 1.807) is 35.9 Å². The molecule has 0 aliphatic rings. The predicted molar refractivity (Wildman–Crippen MR) is 87.4 cm³/mol. The summed E-state index contributed by atoms with van der Waals surface area (Å²) in [5.41, 5.74) is 1.64. The van der Waals surface area contributed by atoms with Crippen molar-refractivity contribution < 1.29 is 9.21 Å². The Morgan fingerprint density at radius 1 is 1.22 bits per heavy atom. The highest BCUT2D eigenvalue weighted by atomic mass is 35.5. The molecule has 0 bridgehead atoms. The highest BCUT2D eigenvalue weighted by molar-refractivity contribution is 6.30. The van der Waals surface area contributed by atoms with E-state index in [1.165, 1.54) is 0 Å². The molecule has 2 heterocycles. The molecule has 1 aromatic carbocycles. The molecule has 5 nitrogen and oxygen atoms in total. The lowest BCUT2D eigenvalue weighted by molar-refractivity contribution is 0.0913. The molecule has 23 heavy (non-hydrogen) atoms. The molecule has 0 saturated heterocycles. The van der Waals surface area contributed by atoms with Crippen LogP contribution in [0.15, 0.2) is 53.1 Å². The predicted octanol–water partition coefficient (Wildman–Crippen LogP) is 3.49. The van der Waals surface area contributed by atoms with Crippen LogP contribution in [0.4, 0.5) is 0 Å². The SMILES string of the molecule is Cc1ccc(C(=O)N[C@H](c2ccc(Cl)cc2)c2ccn(C)n2)o1. The second kappa shape index (κ2) is 6.30. The fourth-order valence-electron chi connectivity index (χ4n) is 2.33. The highest BCUT2D eigenvalue weighted by Gasteiger charge is 2.21. The summed E-state index contributed by atoms with van der Waals surface area (Å²) >= 11 is 5.95. The standard InChI is InChI=1S/C17H16ClN3O2/c1-11-3-8-15(23-11)17(22)19-16(14-9-10-21(2)20-14)12-4-6-13(18)7-5-12/h3-10,16H,1-2H3,(H,19,22)/t16-/m1/s1. The van der Waals surface area contributed by atoms with Crippen molar-refractivity contribution in [1.29, 1.82) is 0 Å². The number of hydrogen-bond donors (Lipinski definition) is 1. The molecule has 1 amide bonds. The first-order valence-electron chi connectivity index (χ1n) is 7.15. The molecule has 0 fully saturated rings. The summed E-state index contributed by atoms with van der Waals surface area (Å²) < 4.78 is 7.08. The van der Waals surface area contributed by atoms with Gasteiger partial charge in [0.15, 0.2) is 5.76 Å². The molecule has 1 N–H and O–H groups in total. The third-order valence-corrected chi connectivity index (χ3v) is 3.72. The van der Waals surface area contributed by atoms with Crippen LogP contribution in [-0.2, 0) is 7.05 Å². The van der Waals surface area contributed by atoms with Gasteiger partial charge in [-0.2, -0.15) is 5.10 Å². The summed E-state index contributed by atoms with van der Waals surface area (Å²) in [5.74, 6) is 0.678. The smallest absolute Gasteiger partial charge is 0.287 e. The molecule has 0 aliphatic carbocycles. The molecule has 0 aliphatic heterocycles. The zero-order valence-corrected chi connectivity index (χ0v) is 13.5. The van der Waals surface area contributed by atoms with Crippen molar-refractivity contribution in [2.24, 2.45) is 7.05 Å². The maximum absolute atomic E-state index is 12.4. The Morgan fingerprint density at radius 3 is 2.52 bits per heavy atom. The van der Waals surface area contributed by atoms with Gasteiger partial charge in [-0.3, -0.25) is 9.48 Å².